The number of hydrogen-bond acceptors (Lipinski definition) is 8. The van der Waals surface area contributed by atoms with Crippen molar-refractivity contribution in [3.63, 3.8) is 0 Å². The minimum atomic E-state index is -0.0772. The van der Waals surface area contributed by atoms with Crippen molar-refractivity contribution in [1.29, 1.82) is 0 Å². The fourth-order valence-corrected chi connectivity index (χ4v) is 4.82. The second kappa shape index (κ2) is 8.05. The van der Waals surface area contributed by atoms with Crippen LogP contribution in [0.15, 0.2) is 35.2 Å². The van der Waals surface area contributed by atoms with Crippen LogP contribution >= 0.6 is 0 Å². The molecule has 5 rings (SSSR count). The zero-order chi connectivity index (χ0) is 21.3. The van der Waals surface area contributed by atoms with E-state index in [-0.39, 0.29) is 11.3 Å². The second-order valence-electron chi connectivity index (χ2n) is 8.40. The van der Waals surface area contributed by atoms with Crippen LogP contribution in [0.4, 0.5) is 5.95 Å². The molecule has 9 heteroatoms. The number of rotatable bonds is 5. The van der Waals surface area contributed by atoms with Gasteiger partial charge in [0, 0.05) is 55.5 Å². The van der Waals surface area contributed by atoms with Crippen LogP contribution in [0.25, 0.3) is 11.4 Å². The van der Waals surface area contributed by atoms with Crippen LogP contribution < -0.4 is 5.73 Å². The molecule has 2 aliphatic rings. The van der Waals surface area contributed by atoms with Crippen LogP contribution in [-0.4, -0.2) is 49.0 Å². The molecule has 1 atom stereocenters. The van der Waals surface area contributed by atoms with E-state index in [2.05, 4.69) is 25.1 Å². The SMILES string of the molecule is Nc1ncc2c(n1)C1(CCCN(C(=O)CCCc3nc(-c4ccncc4)no3)C1)CC2. The molecule has 3 aromatic rings. The Hall–Kier alpha value is -3.36. The van der Waals surface area contributed by atoms with Gasteiger partial charge in [-0.3, -0.25) is 9.78 Å². The molecular formula is C22H25N7O2. The number of fused-ring (bicyclic) bond motifs is 2. The number of aromatic nitrogens is 5. The summed E-state index contributed by atoms with van der Waals surface area (Å²) < 4.78 is 5.34. The van der Waals surface area contributed by atoms with E-state index >= 15 is 0 Å². The molecule has 1 aliphatic heterocycles. The Bertz CT molecular complexity index is 1080. The van der Waals surface area contributed by atoms with Crippen LogP contribution in [-0.2, 0) is 23.1 Å². The number of anilines is 1. The molecule has 0 saturated carbocycles. The number of nitrogens with zero attached hydrogens (tertiary/aromatic N) is 6. The average molecular weight is 419 g/mol. The lowest BCUT2D eigenvalue weighted by atomic mass is 9.77. The summed E-state index contributed by atoms with van der Waals surface area (Å²) >= 11 is 0. The largest absolute Gasteiger partial charge is 0.368 e. The van der Waals surface area contributed by atoms with Gasteiger partial charge in [-0.1, -0.05) is 5.16 Å². The summed E-state index contributed by atoms with van der Waals surface area (Å²) in [5, 5.41) is 4.02. The van der Waals surface area contributed by atoms with E-state index in [1.54, 1.807) is 12.4 Å². The Morgan fingerprint density at radius 2 is 2.10 bits per heavy atom. The summed E-state index contributed by atoms with van der Waals surface area (Å²) in [4.78, 5) is 32.0. The van der Waals surface area contributed by atoms with E-state index in [0.717, 1.165) is 43.5 Å². The predicted molar refractivity (Wildman–Crippen MR) is 113 cm³/mol. The van der Waals surface area contributed by atoms with Crippen molar-refractivity contribution in [1.82, 2.24) is 30.0 Å². The van der Waals surface area contributed by atoms with Gasteiger partial charge < -0.3 is 15.2 Å². The first-order chi connectivity index (χ1) is 15.1. The van der Waals surface area contributed by atoms with Gasteiger partial charge in [0.05, 0.1) is 5.69 Å². The lowest BCUT2D eigenvalue weighted by Crippen LogP contribution is -2.48. The molecule has 3 aromatic heterocycles. The van der Waals surface area contributed by atoms with Crippen molar-refractivity contribution < 1.29 is 9.32 Å². The van der Waals surface area contributed by atoms with E-state index in [1.807, 2.05) is 23.2 Å². The molecule has 4 heterocycles. The standard InChI is InChI=1S/C22H25N7O2/c23-21-25-13-16-5-9-22(19(16)27-21)8-2-12-29(14-22)18(30)4-1-3-17-26-20(28-31-17)15-6-10-24-11-7-15/h6-7,10-11,13H,1-5,8-9,12,14H2,(H2,23,25,27). The van der Waals surface area contributed by atoms with E-state index in [0.29, 0.717) is 43.5 Å². The zero-order valence-electron chi connectivity index (χ0n) is 17.3. The first kappa shape index (κ1) is 19.6. The first-order valence-electron chi connectivity index (χ1n) is 10.8. The molecule has 1 unspecified atom stereocenters. The number of likely N-dealkylation sites (tertiary alicyclic amines) is 1. The minimum Gasteiger partial charge on any atom is -0.368 e. The molecule has 2 N–H and O–H groups in total. The highest BCUT2D eigenvalue weighted by Gasteiger charge is 2.44. The topological polar surface area (TPSA) is 124 Å². The Morgan fingerprint density at radius 3 is 2.97 bits per heavy atom. The third-order valence-corrected chi connectivity index (χ3v) is 6.38. The summed E-state index contributed by atoms with van der Waals surface area (Å²) in [6, 6.07) is 3.67. The Kier molecular flexibility index (Phi) is 5.09. The summed E-state index contributed by atoms with van der Waals surface area (Å²) in [6.07, 6.45) is 10.9. The Labute approximate surface area is 180 Å². The van der Waals surface area contributed by atoms with Gasteiger partial charge >= 0.3 is 0 Å². The number of carbonyl (C=O) groups is 1. The van der Waals surface area contributed by atoms with Crippen LogP contribution in [0, 0.1) is 0 Å². The van der Waals surface area contributed by atoms with Gasteiger partial charge in [-0.05, 0) is 49.8 Å². The smallest absolute Gasteiger partial charge is 0.226 e. The third-order valence-electron chi connectivity index (χ3n) is 6.38. The highest BCUT2D eigenvalue weighted by molar-refractivity contribution is 5.76. The fourth-order valence-electron chi connectivity index (χ4n) is 4.82. The lowest BCUT2D eigenvalue weighted by molar-refractivity contribution is -0.133. The monoisotopic (exact) mass is 419 g/mol. The van der Waals surface area contributed by atoms with Crippen LogP contribution in [0.1, 0.15) is 49.3 Å². The summed E-state index contributed by atoms with van der Waals surface area (Å²) in [5.41, 5.74) is 8.85. The summed E-state index contributed by atoms with van der Waals surface area (Å²) in [5.74, 6) is 1.58. The maximum Gasteiger partial charge on any atom is 0.226 e. The van der Waals surface area contributed by atoms with Crippen molar-refractivity contribution in [3.8, 4) is 11.4 Å². The highest BCUT2D eigenvalue weighted by atomic mass is 16.5. The molecule has 1 fully saturated rings. The molecule has 1 amide bonds. The molecule has 31 heavy (non-hydrogen) atoms. The van der Waals surface area contributed by atoms with E-state index in [9.17, 15) is 4.79 Å². The maximum absolute atomic E-state index is 12.9. The van der Waals surface area contributed by atoms with Crippen LogP contribution in [0.2, 0.25) is 0 Å². The molecular weight excluding hydrogens is 394 g/mol. The molecule has 0 bridgehead atoms. The Morgan fingerprint density at radius 1 is 1.23 bits per heavy atom. The van der Waals surface area contributed by atoms with Gasteiger partial charge in [0.15, 0.2) is 0 Å². The first-order valence-corrected chi connectivity index (χ1v) is 10.8. The molecule has 1 spiro atoms. The maximum atomic E-state index is 12.9. The van der Waals surface area contributed by atoms with Gasteiger partial charge in [0.1, 0.15) is 0 Å². The summed E-state index contributed by atoms with van der Waals surface area (Å²) in [7, 11) is 0. The Balaban J connectivity index is 1.18. The van der Waals surface area contributed by atoms with Crippen molar-refractivity contribution >= 4 is 11.9 Å². The predicted octanol–water partition coefficient (Wildman–Crippen LogP) is 2.33. The van der Waals surface area contributed by atoms with Gasteiger partial charge in [-0.2, -0.15) is 4.98 Å². The minimum absolute atomic E-state index is 0.0772. The summed E-state index contributed by atoms with van der Waals surface area (Å²) in [6.45, 7) is 1.51. The number of nitrogens with two attached hydrogens (primary N) is 1. The zero-order valence-corrected chi connectivity index (χ0v) is 17.3. The van der Waals surface area contributed by atoms with Gasteiger partial charge in [0.2, 0.25) is 23.6 Å². The van der Waals surface area contributed by atoms with E-state index < -0.39 is 0 Å². The van der Waals surface area contributed by atoms with Crippen molar-refractivity contribution in [2.45, 2.75) is 50.4 Å². The lowest BCUT2D eigenvalue weighted by Gasteiger charge is -2.40. The van der Waals surface area contributed by atoms with Crippen molar-refractivity contribution in [2.24, 2.45) is 0 Å². The third kappa shape index (κ3) is 3.87. The normalized spacial score (nSPS) is 20.2. The van der Waals surface area contributed by atoms with Gasteiger partial charge in [0.25, 0.3) is 0 Å². The second-order valence-corrected chi connectivity index (χ2v) is 8.40. The number of aryl methyl sites for hydroxylation is 2. The average Bonchev–Trinajstić information content (AvgIpc) is 3.40. The fraction of sp³-hybridized carbons (Fsp3) is 0.455. The van der Waals surface area contributed by atoms with E-state index in [4.69, 9.17) is 10.3 Å². The van der Waals surface area contributed by atoms with Crippen LogP contribution in [0.3, 0.4) is 0 Å². The molecule has 160 valence electrons. The number of carbonyl (C=O) groups excluding carboxylic acids is 1. The van der Waals surface area contributed by atoms with Crippen molar-refractivity contribution in [2.75, 3.05) is 18.8 Å². The van der Waals surface area contributed by atoms with E-state index in [1.165, 1.54) is 5.56 Å². The molecule has 1 saturated heterocycles. The highest BCUT2D eigenvalue weighted by Crippen LogP contribution is 2.44. The molecule has 0 radical (unpaired) electrons. The number of hydrogen-bond donors (Lipinski definition) is 1. The van der Waals surface area contributed by atoms with Gasteiger partial charge in [-0.15, -0.1) is 0 Å². The van der Waals surface area contributed by atoms with Crippen LogP contribution in [0.5, 0.6) is 0 Å². The molecule has 0 aromatic carbocycles. The van der Waals surface area contributed by atoms with Crippen molar-refractivity contribution in [3.05, 3.63) is 47.9 Å². The molecule has 1 aliphatic carbocycles. The van der Waals surface area contributed by atoms with Gasteiger partial charge in [-0.25, -0.2) is 9.97 Å². The number of nitrogen functional groups attached to an aromatic ring is 1. The number of amides is 1. The number of pyridine rings is 1. The quantitative estimate of drug-likeness (QED) is 0.668. The molecule has 9 nitrogen and oxygen atoms in total. The number of piperidine rings is 1.